The highest BCUT2D eigenvalue weighted by Gasteiger charge is 2.19. The first kappa shape index (κ1) is 16.2. The van der Waals surface area contributed by atoms with Crippen molar-refractivity contribution in [1.82, 2.24) is 10.2 Å². The molecule has 0 saturated heterocycles. The lowest BCUT2D eigenvalue weighted by atomic mass is 10.0. The van der Waals surface area contributed by atoms with Gasteiger partial charge in [0.25, 0.3) is 0 Å². The van der Waals surface area contributed by atoms with Crippen LogP contribution in [0.2, 0.25) is 0 Å². The van der Waals surface area contributed by atoms with Crippen LogP contribution in [0.25, 0.3) is 0 Å². The van der Waals surface area contributed by atoms with Crippen molar-refractivity contribution < 1.29 is 14.7 Å². The van der Waals surface area contributed by atoms with Gasteiger partial charge in [0.05, 0.1) is 6.54 Å². The van der Waals surface area contributed by atoms with Crippen LogP contribution in [0, 0.1) is 0 Å². The second-order valence-corrected chi connectivity index (χ2v) is 5.05. The van der Waals surface area contributed by atoms with Crippen molar-refractivity contribution >= 4 is 11.9 Å². The van der Waals surface area contributed by atoms with E-state index in [9.17, 15) is 9.59 Å². The molecule has 2 unspecified atom stereocenters. The number of hydrogen-bond donors (Lipinski definition) is 2. The van der Waals surface area contributed by atoms with Crippen molar-refractivity contribution in [2.75, 3.05) is 20.1 Å². The molecule has 20 heavy (non-hydrogen) atoms. The first-order chi connectivity index (χ1) is 9.41. The van der Waals surface area contributed by atoms with E-state index in [-0.39, 0.29) is 18.4 Å². The number of hydrogen-bond acceptors (Lipinski definition) is 3. The Morgan fingerprint density at radius 2 is 1.85 bits per heavy atom. The molecule has 0 heterocycles. The number of aliphatic carboxylic acids is 1. The van der Waals surface area contributed by atoms with Gasteiger partial charge in [-0.2, -0.15) is 0 Å². The number of likely N-dealkylation sites (N-methyl/N-ethyl adjacent to an activating group) is 1. The Morgan fingerprint density at radius 1 is 1.25 bits per heavy atom. The third-order valence-corrected chi connectivity index (χ3v) is 3.39. The molecule has 1 rings (SSSR count). The third-order valence-electron chi connectivity index (χ3n) is 3.39. The predicted molar refractivity (Wildman–Crippen MR) is 77.6 cm³/mol. The maximum Gasteiger partial charge on any atom is 0.320 e. The van der Waals surface area contributed by atoms with Crippen LogP contribution in [0.15, 0.2) is 30.3 Å². The van der Waals surface area contributed by atoms with Crippen LogP contribution >= 0.6 is 0 Å². The van der Waals surface area contributed by atoms with Gasteiger partial charge >= 0.3 is 5.97 Å². The number of amides is 1. The van der Waals surface area contributed by atoms with Gasteiger partial charge in [-0.25, -0.2) is 0 Å². The number of carboxylic acid groups (broad SMARTS) is 1. The molecule has 0 aliphatic rings. The summed E-state index contributed by atoms with van der Waals surface area (Å²) in [4.78, 5) is 24.1. The molecule has 1 aromatic rings. The number of nitrogens with zero attached hydrogens (tertiary/aromatic N) is 1. The lowest BCUT2D eigenvalue weighted by Crippen LogP contribution is -2.43. The molecule has 1 amide bonds. The Kier molecular flexibility index (Phi) is 6.18. The summed E-state index contributed by atoms with van der Waals surface area (Å²) in [6.45, 7) is 4.22. The predicted octanol–water partition coefficient (Wildman–Crippen LogP) is 1.31. The summed E-state index contributed by atoms with van der Waals surface area (Å²) >= 11 is 0. The third kappa shape index (κ3) is 5.01. The maximum atomic E-state index is 11.8. The highest BCUT2D eigenvalue weighted by molar-refractivity contribution is 5.79. The first-order valence-corrected chi connectivity index (χ1v) is 6.66. The summed E-state index contributed by atoms with van der Waals surface area (Å²) in [5.74, 6) is -0.872. The molecule has 0 saturated carbocycles. The molecule has 0 bridgehead atoms. The van der Waals surface area contributed by atoms with Gasteiger partial charge in [-0.3, -0.25) is 14.5 Å². The van der Waals surface area contributed by atoms with E-state index in [4.69, 9.17) is 5.11 Å². The molecule has 2 atom stereocenters. The van der Waals surface area contributed by atoms with Crippen LogP contribution in [0.4, 0.5) is 0 Å². The summed E-state index contributed by atoms with van der Waals surface area (Å²) in [5.41, 5.74) is 1.17. The van der Waals surface area contributed by atoms with Crippen molar-refractivity contribution in [1.29, 1.82) is 0 Å². The minimum absolute atomic E-state index is 0.0783. The van der Waals surface area contributed by atoms with Crippen molar-refractivity contribution in [2.24, 2.45) is 0 Å². The highest BCUT2D eigenvalue weighted by atomic mass is 16.4. The molecule has 0 radical (unpaired) electrons. The molecule has 0 spiro atoms. The zero-order chi connectivity index (χ0) is 15.1. The van der Waals surface area contributed by atoms with Gasteiger partial charge in [0.1, 0.15) is 6.04 Å². The molecule has 0 aliphatic carbocycles. The molecule has 110 valence electrons. The average Bonchev–Trinajstić information content (AvgIpc) is 2.44. The fourth-order valence-electron chi connectivity index (χ4n) is 1.77. The Hall–Kier alpha value is -1.88. The Bertz CT molecular complexity index is 448. The Morgan fingerprint density at radius 3 is 2.40 bits per heavy atom. The molecule has 0 aromatic heterocycles. The van der Waals surface area contributed by atoms with Crippen LogP contribution in [-0.2, 0) is 9.59 Å². The zero-order valence-electron chi connectivity index (χ0n) is 12.2. The fraction of sp³-hybridized carbons (Fsp3) is 0.467. The van der Waals surface area contributed by atoms with Gasteiger partial charge in [-0.1, -0.05) is 37.3 Å². The van der Waals surface area contributed by atoms with Gasteiger partial charge < -0.3 is 10.4 Å². The molecule has 0 fully saturated rings. The van der Waals surface area contributed by atoms with E-state index in [1.54, 1.807) is 14.0 Å². The van der Waals surface area contributed by atoms with E-state index in [1.165, 1.54) is 10.5 Å². The van der Waals surface area contributed by atoms with E-state index in [2.05, 4.69) is 5.32 Å². The largest absolute Gasteiger partial charge is 0.480 e. The molecule has 2 N–H and O–H groups in total. The molecule has 5 heteroatoms. The maximum absolute atomic E-state index is 11.8. The van der Waals surface area contributed by atoms with Crippen molar-refractivity contribution in [3.8, 4) is 0 Å². The summed E-state index contributed by atoms with van der Waals surface area (Å²) < 4.78 is 0. The van der Waals surface area contributed by atoms with Crippen molar-refractivity contribution in [3.05, 3.63) is 35.9 Å². The van der Waals surface area contributed by atoms with E-state index < -0.39 is 12.0 Å². The van der Waals surface area contributed by atoms with Crippen molar-refractivity contribution in [2.45, 2.75) is 25.8 Å². The molecule has 5 nitrogen and oxygen atoms in total. The van der Waals surface area contributed by atoms with Gasteiger partial charge in [0.2, 0.25) is 5.91 Å². The number of carbonyl (C=O) groups is 2. The number of carbonyl (C=O) groups excluding carboxylic acids is 1. The van der Waals surface area contributed by atoms with E-state index in [0.29, 0.717) is 6.54 Å². The van der Waals surface area contributed by atoms with E-state index in [0.717, 1.165) is 0 Å². The van der Waals surface area contributed by atoms with Gasteiger partial charge in [-0.05, 0) is 25.5 Å². The average molecular weight is 278 g/mol. The summed E-state index contributed by atoms with van der Waals surface area (Å²) in [6.07, 6.45) is 0. The van der Waals surface area contributed by atoms with Gasteiger partial charge in [0.15, 0.2) is 0 Å². The topological polar surface area (TPSA) is 69.6 Å². The molecular weight excluding hydrogens is 256 g/mol. The SMILES string of the molecule is CC(CNC(=O)CN(C)C(C)C(=O)O)c1ccccc1. The smallest absolute Gasteiger partial charge is 0.320 e. The van der Waals surface area contributed by atoms with E-state index >= 15 is 0 Å². The first-order valence-electron chi connectivity index (χ1n) is 6.66. The van der Waals surface area contributed by atoms with Crippen LogP contribution in [-0.4, -0.2) is 48.1 Å². The monoisotopic (exact) mass is 278 g/mol. The van der Waals surface area contributed by atoms with Crippen LogP contribution < -0.4 is 5.32 Å². The zero-order valence-corrected chi connectivity index (χ0v) is 12.2. The molecule has 0 aliphatic heterocycles. The molecular formula is C15H22N2O3. The van der Waals surface area contributed by atoms with Gasteiger partial charge in [-0.15, -0.1) is 0 Å². The van der Waals surface area contributed by atoms with Crippen LogP contribution in [0.1, 0.15) is 25.3 Å². The van der Waals surface area contributed by atoms with Crippen LogP contribution in [0.5, 0.6) is 0 Å². The molecule has 1 aromatic carbocycles. The van der Waals surface area contributed by atoms with Gasteiger partial charge in [0, 0.05) is 6.54 Å². The normalized spacial score (nSPS) is 13.8. The fourth-order valence-corrected chi connectivity index (χ4v) is 1.77. The summed E-state index contributed by atoms with van der Waals surface area (Å²) in [5, 5.41) is 11.7. The second-order valence-electron chi connectivity index (χ2n) is 5.05. The van der Waals surface area contributed by atoms with Crippen LogP contribution in [0.3, 0.4) is 0 Å². The number of benzene rings is 1. The highest BCUT2D eigenvalue weighted by Crippen LogP contribution is 2.12. The Balaban J connectivity index is 2.38. The lowest BCUT2D eigenvalue weighted by molar-refractivity contribution is -0.142. The minimum Gasteiger partial charge on any atom is -0.480 e. The minimum atomic E-state index is -0.932. The summed E-state index contributed by atoms with van der Waals surface area (Å²) in [6, 6.07) is 9.26. The van der Waals surface area contributed by atoms with Crippen molar-refractivity contribution in [3.63, 3.8) is 0 Å². The van der Waals surface area contributed by atoms with E-state index in [1.807, 2.05) is 37.3 Å². The quantitative estimate of drug-likeness (QED) is 0.789. The second kappa shape index (κ2) is 7.65. The lowest BCUT2D eigenvalue weighted by Gasteiger charge is -2.21. The Labute approximate surface area is 119 Å². The number of carboxylic acids is 1. The summed E-state index contributed by atoms with van der Waals surface area (Å²) in [7, 11) is 1.62. The standard InChI is InChI=1S/C15H22N2O3/c1-11(13-7-5-4-6-8-13)9-16-14(18)10-17(3)12(2)15(19)20/h4-8,11-12H,9-10H2,1-3H3,(H,16,18)(H,19,20). The number of nitrogens with one attached hydrogen (secondary N) is 1. The number of rotatable bonds is 7.